The number of carbonyl (C=O) groups excluding carboxylic acids is 3. The van der Waals surface area contributed by atoms with Crippen LogP contribution in [0, 0.1) is 22.7 Å². The molecule has 0 radical (unpaired) electrons. The summed E-state index contributed by atoms with van der Waals surface area (Å²) < 4.78 is 35.1. The van der Waals surface area contributed by atoms with Crippen molar-refractivity contribution in [1.82, 2.24) is 0 Å². The highest BCUT2D eigenvalue weighted by molar-refractivity contribution is 6.23. The van der Waals surface area contributed by atoms with E-state index in [2.05, 4.69) is 0 Å². The molecule has 0 bridgehead atoms. The lowest BCUT2D eigenvalue weighted by atomic mass is 9.43. The summed E-state index contributed by atoms with van der Waals surface area (Å²) in [6.45, 7) is 7.80. The van der Waals surface area contributed by atoms with Gasteiger partial charge in [-0.25, -0.2) is 4.39 Å². The Bertz CT molecular complexity index is 1030. The Morgan fingerprint density at radius 3 is 2.57 bits per heavy atom. The second-order valence-electron chi connectivity index (χ2n) is 12.0. The Balaban J connectivity index is 1.61. The van der Waals surface area contributed by atoms with Crippen molar-refractivity contribution in [3.8, 4) is 0 Å². The minimum absolute atomic E-state index is 0.0316. The molecule has 1 aliphatic heterocycles. The molecule has 3 saturated carbocycles. The van der Waals surface area contributed by atoms with Gasteiger partial charge in [0.05, 0.1) is 17.6 Å². The van der Waals surface area contributed by atoms with Gasteiger partial charge in [-0.1, -0.05) is 13.8 Å². The Hall–Kier alpha value is -1.35. The molecule has 0 aromatic rings. The van der Waals surface area contributed by atoms with Gasteiger partial charge in [-0.3, -0.25) is 14.4 Å². The van der Waals surface area contributed by atoms with Gasteiger partial charge in [-0.15, -0.1) is 11.6 Å². The predicted octanol–water partition coefficient (Wildman–Crippen LogP) is 3.43. The molecule has 4 aliphatic carbocycles. The number of ether oxygens (including phenoxy) is 3. The van der Waals surface area contributed by atoms with Crippen molar-refractivity contribution in [3.05, 3.63) is 11.6 Å². The van der Waals surface area contributed by atoms with E-state index in [4.69, 9.17) is 25.8 Å². The van der Waals surface area contributed by atoms with Gasteiger partial charge in [0, 0.05) is 30.1 Å². The van der Waals surface area contributed by atoms with Crippen LogP contribution in [0.3, 0.4) is 0 Å². The lowest BCUT2D eigenvalue weighted by Crippen LogP contribution is -2.71. The van der Waals surface area contributed by atoms with Gasteiger partial charge >= 0.3 is 5.97 Å². The Morgan fingerprint density at radius 2 is 1.91 bits per heavy atom. The zero-order valence-corrected chi connectivity index (χ0v) is 21.6. The molecule has 5 rings (SSSR count). The van der Waals surface area contributed by atoms with Crippen LogP contribution in [0.1, 0.15) is 66.7 Å². The molecular formula is C26H34ClFO7. The molecule has 194 valence electrons. The molecule has 1 heterocycles. The standard InChI is InChI=1S/C26H34ClFO7/c1-13(29)33-12-20(32)26-21(34-22(2,3)35-26)10-15-16-9-18(27)17-8-14(30)6-7-23(17,4)25(16,28)19(31)11-24(15,26)5/h8,15-16,18-19,21,31H,6-7,9-12H2,1-5H3/t15?,16?,18-,19?,21+,23?,24?,25-,26+/m0/s1. The molecule has 35 heavy (non-hydrogen) atoms. The minimum atomic E-state index is -2.02. The number of carbonyl (C=O) groups is 3. The molecule has 0 aromatic carbocycles. The number of hydrogen-bond acceptors (Lipinski definition) is 7. The zero-order chi connectivity index (χ0) is 25.8. The number of aliphatic hydroxyl groups is 1. The molecule has 0 spiro atoms. The van der Waals surface area contributed by atoms with Gasteiger partial charge in [-0.2, -0.15) is 0 Å². The summed E-state index contributed by atoms with van der Waals surface area (Å²) in [4.78, 5) is 37.4. The molecule has 5 aliphatic rings. The lowest BCUT2D eigenvalue weighted by Gasteiger charge is -2.64. The molecule has 1 saturated heterocycles. The number of halogens is 2. The third kappa shape index (κ3) is 3.09. The van der Waals surface area contributed by atoms with E-state index in [0.29, 0.717) is 12.0 Å². The molecule has 0 amide bonds. The number of ketones is 2. The normalized spacial score (nSPS) is 49.9. The van der Waals surface area contributed by atoms with Gasteiger partial charge in [-0.05, 0) is 57.1 Å². The summed E-state index contributed by atoms with van der Waals surface area (Å²) >= 11 is 6.80. The topological polar surface area (TPSA) is 99.1 Å². The molecule has 0 aromatic heterocycles. The van der Waals surface area contributed by atoms with Gasteiger partial charge in [0.15, 0.2) is 23.8 Å². The van der Waals surface area contributed by atoms with Gasteiger partial charge in [0.1, 0.15) is 5.67 Å². The largest absolute Gasteiger partial charge is 0.458 e. The van der Waals surface area contributed by atoms with Crippen LogP contribution in [0.25, 0.3) is 0 Å². The summed E-state index contributed by atoms with van der Waals surface area (Å²) in [5.74, 6) is -3.24. The highest BCUT2D eigenvalue weighted by atomic mass is 35.5. The van der Waals surface area contributed by atoms with Gasteiger partial charge in [0.25, 0.3) is 0 Å². The molecule has 9 heteroatoms. The quantitative estimate of drug-likeness (QED) is 0.457. The van der Waals surface area contributed by atoms with Crippen LogP contribution >= 0.6 is 11.6 Å². The third-order valence-electron chi connectivity index (χ3n) is 9.84. The number of esters is 1. The van der Waals surface area contributed by atoms with Gasteiger partial charge < -0.3 is 19.3 Å². The Labute approximate surface area is 209 Å². The number of alkyl halides is 2. The Kier molecular flexibility index (Phi) is 5.49. The van der Waals surface area contributed by atoms with Crippen LogP contribution in [0.5, 0.6) is 0 Å². The summed E-state index contributed by atoms with van der Waals surface area (Å²) in [6, 6.07) is 0. The molecule has 1 N–H and O–H groups in total. The second-order valence-corrected chi connectivity index (χ2v) is 12.5. The number of aliphatic hydroxyl groups excluding tert-OH is 1. The van der Waals surface area contributed by atoms with Crippen molar-refractivity contribution >= 4 is 29.1 Å². The average Bonchev–Trinajstić information content (AvgIpc) is 3.16. The van der Waals surface area contributed by atoms with E-state index in [9.17, 15) is 19.5 Å². The molecule has 9 atom stereocenters. The van der Waals surface area contributed by atoms with Crippen molar-refractivity contribution in [2.45, 2.75) is 101 Å². The van der Waals surface area contributed by atoms with E-state index in [0.717, 1.165) is 0 Å². The van der Waals surface area contributed by atoms with E-state index >= 15 is 4.39 Å². The summed E-state index contributed by atoms with van der Waals surface area (Å²) in [5, 5.41) is 11.0. The predicted molar refractivity (Wildman–Crippen MR) is 123 cm³/mol. The van der Waals surface area contributed by atoms with Crippen LogP contribution in [0.2, 0.25) is 0 Å². The summed E-state index contributed by atoms with van der Waals surface area (Å²) in [5.41, 5.74) is -5.04. The van der Waals surface area contributed by atoms with Crippen molar-refractivity contribution in [2.75, 3.05) is 6.61 Å². The number of Topliss-reactive ketones (excluding diaryl/α,β-unsaturated/α-hetero) is 1. The van der Waals surface area contributed by atoms with E-state index in [-0.39, 0.29) is 37.4 Å². The summed E-state index contributed by atoms with van der Waals surface area (Å²) in [6.07, 6.45) is 0.401. The summed E-state index contributed by atoms with van der Waals surface area (Å²) in [7, 11) is 0. The highest BCUT2D eigenvalue weighted by Gasteiger charge is 2.80. The first-order valence-corrected chi connectivity index (χ1v) is 12.9. The maximum absolute atomic E-state index is 17.5. The monoisotopic (exact) mass is 512 g/mol. The molecular weight excluding hydrogens is 479 g/mol. The van der Waals surface area contributed by atoms with Crippen LogP contribution in [0.4, 0.5) is 4.39 Å². The van der Waals surface area contributed by atoms with Crippen LogP contribution in [0.15, 0.2) is 11.6 Å². The third-order valence-corrected chi connectivity index (χ3v) is 10.3. The van der Waals surface area contributed by atoms with Crippen LogP contribution in [-0.4, -0.2) is 63.9 Å². The first-order valence-electron chi connectivity index (χ1n) is 12.4. The van der Waals surface area contributed by atoms with Crippen molar-refractivity contribution < 1.29 is 38.1 Å². The van der Waals surface area contributed by atoms with Crippen molar-refractivity contribution in [1.29, 1.82) is 0 Å². The van der Waals surface area contributed by atoms with E-state index < -0.39 is 69.7 Å². The zero-order valence-electron chi connectivity index (χ0n) is 20.9. The fourth-order valence-corrected chi connectivity index (χ4v) is 8.93. The van der Waals surface area contributed by atoms with Crippen molar-refractivity contribution in [3.63, 3.8) is 0 Å². The van der Waals surface area contributed by atoms with Gasteiger partial charge in [0.2, 0.25) is 5.78 Å². The van der Waals surface area contributed by atoms with E-state index in [1.165, 1.54) is 13.0 Å². The Morgan fingerprint density at radius 1 is 1.23 bits per heavy atom. The second kappa shape index (κ2) is 7.59. The smallest absolute Gasteiger partial charge is 0.303 e. The lowest BCUT2D eigenvalue weighted by molar-refractivity contribution is -0.251. The van der Waals surface area contributed by atoms with Crippen molar-refractivity contribution in [2.24, 2.45) is 22.7 Å². The molecule has 7 nitrogen and oxygen atoms in total. The highest BCUT2D eigenvalue weighted by Crippen LogP contribution is 2.73. The van der Waals surface area contributed by atoms with Crippen LogP contribution in [-0.2, 0) is 28.6 Å². The van der Waals surface area contributed by atoms with E-state index in [1.54, 1.807) is 20.8 Å². The number of rotatable bonds is 3. The first-order chi connectivity index (χ1) is 16.1. The first kappa shape index (κ1) is 25.3. The number of hydrogen-bond donors (Lipinski definition) is 1. The SMILES string of the molecule is CC(=O)OCC(=O)[C@@]12OC(C)(C)O[C@@H]1CC1C3C[C@H](Cl)C4=CC(=O)CCC4(C)[C@@]3(F)C(O)CC12C. The van der Waals surface area contributed by atoms with E-state index in [1.807, 2.05) is 6.92 Å². The number of allylic oxidation sites excluding steroid dienone is 1. The maximum Gasteiger partial charge on any atom is 0.303 e. The molecule has 4 fully saturated rings. The number of fused-ring (bicyclic) bond motifs is 7. The van der Waals surface area contributed by atoms with Crippen LogP contribution < -0.4 is 0 Å². The maximum atomic E-state index is 17.5. The molecule has 5 unspecified atom stereocenters. The average molecular weight is 513 g/mol. The fourth-order valence-electron chi connectivity index (χ4n) is 8.43. The fraction of sp³-hybridized carbons (Fsp3) is 0.808. The minimum Gasteiger partial charge on any atom is -0.458 e.